The van der Waals surface area contributed by atoms with Crippen molar-refractivity contribution in [3.63, 3.8) is 0 Å². The predicted molar refractivity (Wildman–Crippen MR) is 74.6 cm³/mol. The molecule has 18 heavy (non-hydrogen) atoms. The molecule has 0 aliphatic carbocycles. The van der Waals surface area contributed by atoms with Crippen molar-refractivity contribution in [1.82, 2.24) is 5.32 Å². The first-order valence-corrected chi connectivity index (χ1v) is 5.96. The monoisotopic (exact) mass is 314 g/mol. The summed E-state index contributed by atoms with van der Waals surface area (Å²) in [6.45, 7) is 3.97. The number of carbonyl (C=O) groups is 1. The zero-order chi connectivity index (χ0) is 13.5. The number of halogens is 1. The Morgan fingerprint density at radius 2 is 2.11 bits per heavy atom. The third-order valence-corrected chi connectivity index (χ3v) is 2.38. The molecule has 0 heterocycles. The van der Waals surface area contributed by atoms with Gasteiger partial charge in [-0.1, -0.05) is 22.5 Å². The molecule has 0 saturated carbocycles. The number of carbonyl (C=O) groups excluding carboxylic acids is 1. The molecule has 0 saturated heterocycles. The van der Waals surface area contributed by atoms with Crippen LogP contribution in [0.2, 0.25) is 0 Å². The lowest BCUT2D eigenvalue weighted by molar-refractivity contribution is 0.253. The lowest BCUT2D eigenvalue weighted by Gasteiger charge is -2.12. The predicted octanol–water partition coefficient (Wildman–Crippen LogP) is 2.73. The molecule has 1 aromatic rings. The first-order valence-electron chi connectivity index (χ1n) is 5.17. The number of hydrogen-bond donors (Lipinski definition) is 2. The van der Waals surface area contributed by atoms with Crippen molar-refractivity contribution in [3.05, 3.63) is 29.3 Å². The van der Waals surface area contributed by atoms with Crippen LogP contribution >= 0.6 is 15.9 Å². The highest BCUT2D eigenvalue weighted by atomic mass is 79.9. The van der Waals surface area contributed by atoms with Gasteiger partial charge in [0.25, 0.3) is 0 Å². The average Bonchev–Trinajstić information content (AvgIpc) is 2.36. The third-order valence-electron chi connectivity index (χ3n) is 2.10. The summed E-state index contributed by atoms with van der Waals surface area (Å²) in [5.41, 5.74) is 0.566. The van der Waals surface area contributed by atoms with Gasteiger partial charge in [-0.05, 0) is 12.1 Å². The van der Waals surface area contributed by atoms with Gasteiger partial charge in [-0.2, -0.15) is 0 Å². The molecule has 2 N–H and O–H groups in total. The number of amides is 2. The van der Waals surface area contributed by atoms with E-state index in [-0.39, 0.29) is 6.03 Å². The van der Waals surface area contributed by atoms with Crippen molar-refractivity contribution in [3.8, 4) is 11.5 Å². The minimum Gasteiger partial charge on any atom is -0.497 e. The summed E-state index contributed by atoms with van der Waals surface area (Å²) in [4.78, 5) is 11.6. The Balaban J connectivity index is 2.71. The standard InChI is InChI=1S/C12H15BrN2O3/c1-8(13)7-14-12(16)15-10-5-4-9(17-2)6-11(10)18-3/h4-6H,1,7H2,2-3H3,(H2,14,15,16). The maximum atomic E-state index is 11.6. The van der Waals surface area contributed by atoms with Crippen LogP contribution in [0.3, 0.4) is 0 Å². The van der Waals surface area contributed by atoms with Crippen LogP contribution in [0.25, 0.3) is 0 Å². The highest BCUT2D eigenvalue weighted by molar-refractivity contribution is 9.11. The molecule has 0 aromatic heterocycles. The summed E-state index contributed by atoms with van der Waals surface area (Å²) in [6.07, 6.45) is 0. The second-order valence-electron chi connectivity index (χ2n) is 3.39. The van der Waals surface area contributed by atoms with Gasteiger partial charge >= 0.3 is 6.03 Å². The average molecular weight is 315 g/mol. The van der Waals surface area contributed by atoms with Gasteiger partial charge in [0.15, 0.2) is 0 Å². The first kappa shape index (κ1) is 14.4. The van der Waals surface area contributed by atoms with Crippen LogP contribution in [0.1, 0.15) is 0 Å². The van der Waals surface area contributed by atoms with E-state index in [1.54, 1.807) is 25.3 Å². The molecule has 2 amide bonds. The number of benzene rings is 1. The van der Waals surface area contributed by atoms with Crippen LogP contribution in [0.4, 0.5) is 10.5 Å². The number of ether oxygens (including phenoxy) is 2. The zero-order valence-electron chi connectivity index (χ0n) is 10.2. The summed E-state index contributed by atoms with van der Waals surface area (Å²) in [5.74, 6) is 1.19. The van der Waals surface area contributed by atoms with E-state index >= 15 is 0 Å². The number of urea groups is 1. The Morgan fingerprint density at radius 3 is 2.67 bits per heavy atom. The van der Waals surface area contributed by atoms with Gasteiger partial charge in [0, 0.05) is 10.5 Å². The van der Waals surface area contributed by atoms with E-state index in [0.29, 0.717) is 28.2 Å². The largest absolute Gasteiger partial charge is 0.497 e. The van der Waals surface area contributed by atoms with E-state index in [2.05, 4.69) is 33.1 Å². The molecule has 0 bridgehead atoms. The fraction of sp³-hybridized carbons (Fsp3) is 0.250. The fourth-order valence-corrected chi connectivity index (χ4v) is 1.38. The Kier molecular flexibility index (Phi) is 5.51. The third kappa shape index (κ3) is 4.29. The topological polar surface area (TPSA) is 59.6 Å². The van der Waals surface area contributed by atoms with Gasteiger partial charge in [-0.25, -0.2) is 4.79 Å². The van der Waals surface area contributed by atoms with Gasteiger partial charge in [0.2, 0.25) is 0 Å². The highest BCUT2D eigenvalue weighted by Crippen LogP contribution is 2.28. The van der Waals surface area contributed by atoms with E-state index in [9.17, 15) is 4.79 Å². The van der Waals surface area contributed by atoms with Gasteiger partial charge in [0.05, 0.1) is 26.5 Å². The Labute approximate surface area is 114 Å². The Bertz CT molecular complexity index is 449. The summed E-state index contributed by atoms with van der Waals surface area (Å²) in [5, 5.41) is 5.30. The maximum absolute atomic E-state index is 11.6. The molecule has 0 fully saturated rings. The molecule has 5 nitrogen and oxygen atoms in total. The minimum absolute atomic E-state index is 0.334. The number of nitrogens with one attached hydrogen (secondary N) is 2. The molecule has 98 valence electrons. The lowest BCUT2D eigenvalue weighted by atomic mass is 10.2. The van der Waals surface area contributed by atoms with Crippen molar-refractivity contribution in [2.24, 2.45) is 0 Å². The highest BCUT2D eigenvalue weighted by Gasteiger charge is 2.08. The molecule has 1 rings (SSSR count). The van der Waals surface area contributed by atoms with Crippen molar-refractivity contribution in [2.45, 2.75) is 0 Å². The van der Waals surface area contributed by atoms with E-state index in [1.807, 2.05) is 0 Å². The van der Waals surface area contributed by atoms with Crippen molar-refractivity contribution in [1.29, 1.82) is 0 Å². The number of anilines is 1. The molecular formula is C12H15BrN2O3. The van der Waals surface area contributed by atoms with Crippen LogP contribution in [0, 0.1) is 0 Å². The summed E-state index contributed by atoms with van der Waals surface area (Å²) < 4.78 is 10.9. The first-order chi connectivity index (χ1) is 8.56. The lowest BCUT2D eigenvalue weighted by Crippen LogP contribution is -2.29. The van der Waals surface area contributed by atoms with Crippen LogP contribution in [-0.2, 0) is 0 Å². The SMILES string of the molecule is C=C(Br)CNC(=O)Nc1ccc(OC)cc1OC. The molecule has 1 aromatic carbocycles. The van der Waals surface area contributed by atoms with Gasteiger partial charge < -0.3 is 20.1 Å². The van der Waals surface area contributed by atoms with E-state index in [0.717, 1.165) is 0 Å². The van der Waals surface area contributed by atoms with Gasteiger partial charge in [0.1, 0.15) is 11.5 Å². The summed E-state index contributed by atoms with van der Waals surface area (Å²) >= 11 is 3.16. The van der Waals surface area contributed by atoms with Crippen LogP contribution in [-0.4, -0.2) is 26.8 Å². The normalized spacial score (nSPS) is 9.50. The molecule has 0 spiro atoms. The molecule has 6 heteroatoms. The molecule has 0 atom stereocenters. The van der Waals surface area contributed by atoms with Crippen LogP contribution in [0.15, 0.2) is 29.3 Å². The van der Waals surface area contributed by atoms with Crippen molar-refractivity contribution < 1.29 is 14.3 Å². The van der Waals surface area contributed by atoms with E-state index in [1.165, 1.54) is 7.11 Å². The summed E-state index contributed by atoms with van der Waals surface area (Å²) in [7, 11) is 3.09. The maximum Gasteiger partial charge on any atom is 0.319 e. The molecule has 0 radical (unpaired) electrons. The minimum atomic E-state index is -0.334. The van der Waals surface area contributed by atoms with E-state index in [4.69, 9.17) is 9.47 Å². The second-order valence-corrected chi connectivity index (χ2v) is 4.51. The van der Waals surface area contributed by atoms with E-state index < -0.39 is 0 Å². The molecule has 0 unspecified atom stereocenters. The van der Waals surface area contributed by atoms with Gasteiger partial charge in [-0.3, -0.25) is 0 Å². The summed E-state index contributed by atoms with van der Waals surface area (Å²) in [6, 6.07) is 4.81. The van der Waals surface area contributed by atoms with Crippen molar-refractivity contribution in [2.75, 3.05) is 26.1 Å². The second kappa shape index (κ2) is 6.90. The quantitative estimate of drug-likeness (QED) is 0.878. The van der Waals surface area contributed by atoms with Crippen LogP contribution in [0.5, 0.6) is 11.5 Å². The number of rotatable bonds is 5. The molecule has 0 aliphatic heterocycles. The Morgan fingerprint density at radius 1 is 1.39 bits per heavy atom. The number of methoxy groups -OCH3 is 2. The molecular weight excluding hydrogens is 300 g/mol. The zero-order valence-corrected chi connectivity index (χ0v) is 11.8. The smallest absolute Gasteiger partial charge is 0.319 e. The van der Waals surface area contributed by atoms with Gasteiger partial charge in [-0.15, -0.1) is 0 Å². The van der Waals surface area contributed by atoms with Crippen molar-refractivity contribution >= 4 is 27.6 Å². The van der Waals surface area contributed by atoms with Crippen LogP contribution < -0.4 is 20.1 Å². The fourth-order valence-electron chi connectivity index (χ4n) is 1.24. The Hall–Kier alpha value is -1.69. The number of hydrogen-bond acceptors (Lipinski definition) is 3. The molecule has 0 aliphatic rings.